The predicted molar refractivity (Wildman–Crippen MR) is 50.6 cm³/mol. The molecule has 0 N–H and O–H groups in total. The van der Waals surface area contributed by atoms with Crippen LogP contribution in [0.5, 0.6) is 0 Å². The molecule has 0 aliphatic heterocycles. The van der Waals surface area contributed by atoms with Gasteiger partial charge in [0.15, 0.2) is 0 Å². The Morgan fingerprint density at radius 3 is 2.92 bits per heavy atom. The Kier molecular flexibility index (Phi) is 3.24. The summed E-state index contributed by atoms with van der Waals surface area (Å²) in [4.78, 5) is 4.24. The second-order valence-corrected chi connectivity index (χ2v) is 3.34. The Morgan fingerprint density at radius 1 is 1.58 bits per heavy atom. The number of rotatable bonds is 2. The van der Waals surface area contributed by atoms with Gasteiger partial charge in [-0.05, 0) is 34.5 Å². The highest BCUT2D eigenvalue weighted by Gasteiger charge is 1.98. The molecule has 0 bridgehead atoms. The molecule has 1 aromatic rings. The SMILES string of the molecule is CCCc1cc(C#N)cc(Br)n1. The van der Waals surface area contributed by atoms with E-state index in [0.29, 0.717) is 5.56 Å². The van der Waals surface area contributed by atoms with Gasteiger partial charge in [-0.25, -0.2) is 4.98 Å². The van der Waals surface area contributed by atoms with Gasteiger partial charge in [0.1, 0.15) is 4.60 Å². The van der Waals surface area contributed by atoms with Gasteiger partial charge in [-0.2, -0.15) is 5.26 Å². The monoisotopic (exact) mass is 224 g/mol. The number of hydrogen-bond donors (Lipinski definition) is 0. The molecule has 3 heteroatoms. The Labute approximate surface area is 80.4 Å². The fourth-order valence-electron chi connectivity index (χ4n) is 1.000. The molecule has 1 aromatic heterocycles. The van der Waals surface area contributed by atoms with Crippen LogP contribution in [0.15, 0.2) is 16.7 Å². The minimum Gasteiger partial charge on any atom is -0.246 e. The zero-order valence-corrected chi connectivity index (χ0v) is 8.43. The third kappa shape index (κ3) is 2.31. The smallest absolute Gasteiger partial charge is 0.107 e. The normalized spacial score (nSPS) is 9.42. The van der Waals surface area contributed by atoms with Crippen molar-refractivity contribution in [2.75, 3.05) is 0 Å². The zero-order chi connectivity index (χ0) is 8.97. The van der Waals surface area contributed by atoms with Crippen LogP contribution in [0.4, 0.5) is 0 Å². The van der Waals surface area contributed by atoms with Crippen LogP contribution in [0.2, 0.25) is 0 Å². The molecule has 0 aliphatic carbocycles. The molecule has 0 atom stereocenters. The van der Waals surface area contributed by atoms with Crippen molar-refractivity contribution < 1.29 is 0 Å². The average Bonchev–Trinajstić information content (AvgIpc) is 2.04. The molecule has 0 amide bonds. The van der Waals surface area contributed by atoms with Crippen molar-refractivity contribution >= 4 is 15.9 Å². The number of nitriles is 1. The van der Waals surface area contributed by atoms with E-state index in [4.69, 9.17) is 5.26 Å². The van der Waals surface area contributed by atoms with Gasteiger partial charge in [-0.15, -0.1) is 0 Å². The molecule has 0 aliphatic rings. The van der Waals surface area contributed by atoms with Crippen molar-refractivity contribution in [3.8, 4) is 6.07 Å². The quantitative estimate of drug-likeness (QED) is 0.725. The van der Waals surface area contributed by atoms with Gasteiger partial charge >= 0.3 is 0 Å². The van der Waals surface area contributed by atoms with E-state index in [1.54, 1.807) is 6.07 Å². The molecule has 1 rings (SSSR count). The van der Waals surface area contributed by atoms with Crippen LogP contribution in [-0.2, 0) is 6.42 Å². The first-order valence-corrected chi connectivity index (χ1v) is 4.62. The van der Waals surface area contributed by atoms with Gasteiger partial charge in [0.2, 0.25) is 0 Å². The van der Waals surface area contributed by atoms with Crippen LogP contribution >= 0.6 is 15.9 Å². The minimum atomic E-state index is 0.667. The van der Waals surface area contributed by atoms with Crippen LogP contribution < -0.4 is 0 Å². The third-order valence-electron chi connectivity index (χ3n) is 1.48. The molecule has 0 aromatic carbocycles. The molecule has 0 fully saturated rings. The van der Waals surface area contributed by atoms with E-state index in [0.717, 1.165) is 23.1 Å². The maximum absolute atomic E-state index is 8.66. The van der Waals surface area contributed by atoms with Gasteiger partial charge < -0.3 is 0 Å². The number of pyridine rings is 1. The second-order valence-electron chi connectivity index (χ2n) is 2.53. The van der Waals surface area contributed by atoms with Crippen LogP contribution in [0.1, 0.15) is 24.6 Å². The third-order valence-corrected chi connectivity index (χ3v) is 1.89. The lowest BCUT2D eigenvalue weighted by Crippen LogP contribution is -1.90. The molecule has 0 spiro atoms. The van der Waals surface area contributed by atoms with Gasteiger partial charge in [0.25, 0.3) is 0 Å². The number of aryl methyl sites for hydroxylation is 1. The zero-order valence-electron chi connectivity index (χ0n) is 6.84. The standard InChI is InChI=1S/C9H9BrN2/c1-2-3-8-4-7(6-11)5-9(10)12-8/h4-5H,2-3H2,1H3. The number of halogens is 1. The van der Waals surface area contributed by atoms with Gasteiger partial charge in [0, 0.05) is 5.69 Å². The summed E-state index contributed by atoms with van der Waals surface area (Å²) in [6, 6.07) is 5.65. The second kappa shape index (κ2) is 4.22. The van der Waals surface area contributed by atoms with E-state index >= 15 is 0 Å². The van der Waals surface area contributed by atoms with E-state index < -0.39 is 0 Å². The molecule has 0 radical (unpaired) electrons. The Bertz CT molecular complexity index is 315. The molecular formula is C9H9BrN2. The van der Waals surface area contributed by atoms with E-state index in [2.05, 4.69) is 33.9 Å². The Morgan fingerprint density at radius 2 is 2.33 bits per heavy atom. The molecule has 0 saturated carbocycles. The van der Waals surface area contributed by atoms with Crippen molar-refractivity contribution in [2.45, 2.75) is 19.8 Å². The summed E-state index contributed by atoms with van der Waals surface area (Å²) in [6.45, 7) is 2.09. The highest BCUT2D eigenvalue weighted by atomic mass is 79.9. The summed E-state index contributed by atoms with van der Waals surface area (Å²) in [6.07, 6.45) is 1.97. The highest BCUT2D eigenvalue weighted by Crippen LogP contribution is 2.11. The summed E-state index contributed by atoms with van der Waals surface area (Å²) in [5.41, 5.74) is 1.64. The topological polar surface area (TPSA) is 36.7 Å². The lowest BCUT2D eigenvalue weighted by atomic mass is 10.2. The number of aromatic nitrogens is 1. The first-order chi connectivity index (χ1) is 5.76. The average molecular weight is 225 g/mol. The number of hydrogen-bond acceptors (Lipinski definition) is 2. The van der Waals surface area contributed by atoms with E-state index in [1.165, 1.54) is 0 Å². The lowest BCUT2D eigenvalue weighted by Gasteiger charge is -1.98. The lowest BCUT2D eigenvalue weighted by molar-refractivity contribution is 0.877. The highest BCUT2D eigenvalue weighted by molar-refractivity contribution is 9.10. The van der Waals surface area contributed by atoms with Crippen LogP contribution in [0.3, 0.4) is 0 Å². The minimum absolute atomic E-state index is 0.667. The fraction of sp³-hybridized carbons (Fsp3) is 0.333. The van der Waals surface area contributed by atoms with Crippen LogP contribution in [-0.4, -0.2) is 4.98 Å². The van der Waals surface area contributed by atoms with Crippen molar-refractivity contribution in [1.82, 2.24) is 4.98 Å². The fourth-order valence-corrected chi connectivity index (χ4v) is 1.47. The first kappa shape index (κ1) is 9.21. The molecule has 0 saturated heterocycles. The molecule has 12 heavy (non-hydrogen) atoms. The summed E-state index contributed by atoms with van der Waals surface area (Å²) in [7, 11) is 0. The van der Waals surface area contributed by atoms with Crippen LogP contribution in [0, 0.1) is 11.3 Å². The first-order valence-electron chi connectivity index (χ1n) is 3.83. The van der Waals surface area contributed by atoms with E-state index in [1.807, 2.05) is 6.07 Å². The molecule has 1 heterocycles. The predicted octanol–water partition coefficient (Wildman–Crippen LogP) is 2.67. The summed E-state index contributed by atoms with van der Waals surface area (Å²) >= 11 is 3.26. The summed E-state index contributed by atoms with van der Waals surface area (Å²) in [5, 5.41) is 8.66. The van der Waals surface area contributed by atoms with Crippen molar-refractivity contribution in [3.63, 3.8) is 0 Å². The van der Waals surface area contributed by atoms with Gasteiger partial charge in [-0.3, -0.25) is 0 Å². The molecule has 2 nitrogen and oxygen atoms in total. The Hall–Kier alpha value is -0.880. The van der Waals surface area contributed by atoms with Crippen molar-refractivity contribution in [2.24, 2.45) is 0 Å². The summed E-state index contributed by atoms with van der Waals surface area (Å²) in [5.74, 6) is 0. The maximum Gasteiger partial charge on any atom is 0.107 e. The van der Waals surface area contributed by atoms with Crippen molar-refractivity contribution in [3.05, 3.63) is 28.0 Å². The molecule has 0 unspecified atom stereocenters. The molecular weight excluding hydrogens is 216 g/mol. The Balaban J connectivity index is 3.00. The van der Waals surface area contributed by atoms with Crippen molar-refractivity contribution in [1.29, 1.82) is 5.26 Å². The number of nitrogens with zero attached hydrogens (tertiary/aromatic N) is 2. The van der Waals surface area contributed by atoms with Crippen LogP contribution in [0.25, 0.3) is 0 Å². The maximum atomic E-state index is 8.66. The largest absolute Gasteiger partial charge is 0.246 e. The van der Waals surface area contributed by atoms with E-state index in [-0.39, 0.29) is 0 Å². The van der Waals surface area contributed by atoms with Gasteiger partial charge in [-0.1, -0.05) is 13.3 Å². The van der Waals surface area contributed by atoms with E-state index in [9.17, 15) is 0 Å². The molecule has 62 valence electrons. The van der Waals surface area contributed by atoms with Gasteiger partial charge in [0.05, 0.1) is 11.6 Å². The summed E-state index contributed by atoms with van der Waals surface area (Å²) < 4.78 is 0.741.